The summed E-state index contributed by atoms with van der Waals surface area (Å²) in [5.74, 6) is 0.563. The Morgan fingerprint density at radius 3 is 2.96 bits per heavy atom. The molecule has 0 aliphatic carbocycles. The summed E-state index contributed by atoms with van der Waals surface area (Å²) in [6.45, 7) is 3.36. The van der Waals surface area contributed by atoms with Crippen molar-refractivity contribution in [2.24, 2.45) is 5.92 Å². The summed E-state index contributed by atoms with van der Waals surface area (Å²) in [7, 11) is 0. The maximum atomic E-state index is 12.2. The number of amides is 1. The molecular formula is C20H24N4O2. The largest absolute Gasteiger partial charge is 0.373 e. The summed E-state index contributed by atoms with van der Waals surface area (Å²) in [5.41, 5.74) is 2.11. The van der Waals surface area contributed by atoms with Crippen LogP contribution in [0.4, 0.5) is 0 Å². The molecule has 0 unspecified atom stereocenters. The van der Waals surface area contributed by atoms with Gasteiger partial charge in [-0.2, -0.15) is 0 Å². The smallest absolute Gasteiger partial charge is 0.222 e. The number of pyridine rings is 2. The average Bonchev–Trinajstić information content (AvgIpc) is 3.19. The Morgan fingerprint density at radius 2 is 2.19 bits per heavy atom. The van der Waals surface area contributed by atoms with E-state index in [0.29, 0.717) is 18.9 Å². The zero-order valence-corrected chi connectivity index (χ0v) is 14.8. The molecule has 2 fully saturated rings. The van der Waals surface area contributed by atoms with E-state index in [1.807, 2.05) is 30.5 Å². The van der Waals surface area contributed by atoms with Crippen LogP contribution < -0.4 is 5.32 Å². The molecule has 0 saturated carbocycles. The molecule has 6 heteroatoms. The van der Waals surface area contributed by atoms with Crippen LogP contribution in [-0.2, 0) is 22.6 Å². The van der Waals surface area contributed by atoms with E-state index in [-0.39, 0.29) is 18.1 Å². The maximum absolute atomic E-state index is 12.2. The number of hydrogen-bond donors (Lipinski definition) is 1. The Balaban J connectivity index is 1.20. The lowest BCUT2D eigenvalue weighted by Crippen LogP contribution is -2.29. The van der Waals surface area contributed by atoms with Crippen LogP contribution in [0.2, 0.25) is 0 Å². The van der Waals surface area contributed by atoms with E-state index in [4.69, 9.17) is 4.74 Å². The fourth-order valence-electron chi connectivity index (χ4n) is 3.93. The molecule has 4 heterocycles. The van der Waals surface area contributed by atoms with Gasteiger partial charge < -0.3 is 10.1 Å². The first-order valence-corrected chi connectivity index (χ1v) is 9.19. The van der Waals surface area contributed by atoms with Crippen molar-refractivity contribution in [3.63, 3.8) is 0 Å². The Bertz CT molecular complexity index is 711. The quantitative estimate of drug-likeness (QED) is 0.858. The standard InChI is InChI=1S/C20H24N4O2/c25-20(23-11-17-5-1-2-7-22-17)9-18-8-16-13-24(14-19(16)26-18)12-15-4-3-6-21-10-15/h1-7,10,16,18-19H,8-9,11-14H2,(H,23,25)/t16-,18+,19+/m0/s1. The number of rotatable bonds is 6. The summed E-state index contributed by atoms with van der Waals surface area (Å²) >= 11 is 0. The molecule has 0 radical (unpaired) electrons. The highest BCUT2D eigenvalue weighted by atomic mass is 16.5. The van der Waals surface area contributed by atoms with E-state index in [2.05, 4.69) is 26.3 Å². The second kappa shape index (κ2) is 7.93. The van der Waals surface area contributed by atoms with Crippen LogP contribution in [0.1, 0.15) is 24.1 Å². The molecule has 2 aliphatic heterocycles. The molecule has 2 saturated heterocycles. The number of aromatic nitrogens is 2. The van der Waals surface area contributed by atoms with Gasteiger partial charge in [0.15, 0.2) is 0 Å². The fraction of sp³-hybridized carbons (Fsp3) is 0.450. The minimum absolute atomic E-state index is 0.0350. The van der Waals surface area contributed by atoms with Crippen molar-refractivity contribution in [3.05, 3.63) is 60.2 Å². The minimum atomic E-state index is 0.0350. The number of hydrogen-bond acceptors (Lipinski definition) is 5. The molecular weight excluding hydrogens is 328 g/mol. The number of nitrogens with zero attached hydrogens (tertiary/aromatic N) is 3. The molecule has 2 aromatic rings. The lowest BCUT2D eigenvalue weighted by atomic mass is 10.0. The lowest BCUT2D eigenvalue weighted by molar-refractivity contribution is -0.124. The third kappa shape index (κ3) is 4.26. The van der Waals surface area contributed by atoms with Crippen molar-refractivity contribution in [1.29, 1.82) is 0 Å². The molecule has 6 nitrogen and oxygen atoms in total. The number of carbonyl (C=O) groups excluding carboxylic acids is 1. The van der Waals surface area contributed by atoms with Gasteiger partial charge in [0, 0.05) is 44.1 Å². The third-order valence-electron chi connectivity index (χ3n) is 5.12. The average molecular weight is 352 g/mol. The zero-order chi connectivity index (χ0) is 17.8. The van der Waals surface area contributed by atoms with Gasteiger partial charge in [-0.25, -0.2) is 0 Å². The molecule has 26 heavy (non-hydrogen) atoms. The summed E-state index contributed by atoms with van der Waals surface area (Å²) < 4.78 is 6.14. The Morgan fingerprint density at radius 1 is 1.23 bits per heavy atom. The molecule has 3 atom stereocenters. The fourth-order valence-corrected chi connectivity index (χ4v) is 3.93. The Labute approximate surface area is 153 Å². The second-order valence-corrected chi connectivity index (χ2v) is 7.15. The first-order valence-electron chi connectivity index (χ1n) is 9.19. The van der Waals surface area contributed by atoms with Gasteiger partial charge in [-0.15, -0.1) is 0 Å². The second-order valence-electron chi connectivity index (χ2n) is 7.15. The molecule has 0 bridgehead atoms. The van der Waals surface area contributed by atoms with E-state index in [1.54, 1.807) is 12.4 Å². The highest BCUT2D eigenvalue weighted by Gasteiger charge is 2.42. The van der Waals surface area contributed by atoms with Crippen LogP contribution in [0.3, 0.4) is 0 Å². The van der Waals surface area contributed by atoms with E-state index >= 15 is 0 Å². The SMILES string of the molecule is O=C(C[C@H]1C[C@H]2CN(Cc3cccnc3)C[C@H]2O1)NCc1ccccn1. The van der Waals surface area contributed by atoms with Crippen LogP contribution in [0.15, 0.2) is 48.9 Å². The van der Waals surface area contributed by atoms with Gasteiger partial charge in [0.2, 0.25) is 5.91 Å². The molecule has 0 spiro atoms. The number of carbonyl (C=O) groups is 1. The van der Waals surface area contributed by atoms with Crippen molar-refractivity contribution in [3.8, 4) is 0 Å². The number of ether oxygens (including phenoxy) is 1. The van der Waals surface area contributed by atoms with Gasteiger partial charge in [-0.1, -0.05) is 12.1 Å². The lowest BCUT2D eigenvalue weighted by Gasteiger charge is -2.19. The van der Waals surface area contributed by atoms with Crippen LogP contribution >= 0.6 is 0 Å². The van der Waals surface area contributed by atoms with Crippen molar-refractivity contribution < 1.29 is 9.53 Å². The van der Waals surface area contributed by atoms with Gasteiger partial charge in [-0.05, 0) is 30.2 Å². The van der Waals surface area contributed by atoms with Gasteiger partial charge in [-0.3, -0.25) is 19.7 Å². The van der Waals surface area contributed by atoms with Crippen molar-refractivity contribution in [1.82, 2.24) is 20.2 Å². The topological polar surface area (TPSA) is 67.4 Å². The van der Waals surface area contributed by atoms with Crippen LogP contribution in [0.25, 0.3) is 0 Å². The zero-order valence-electron chi connectivity index (χ0n) is 14.8. The summed E-state index contributed by atoms with van der Waals surface area (Å²) in [4.78, 5) is 23.0. The van der Waals surface area contributed by atoms with E-state index in [0.717, 1.165) is 31.7 Å². The molecule has 2 aromatic heterocycles. The van der Waals surface area contributed by atoms with E-state index in [1.165, 1.54) is 5.56 Å². The maximum Gasteiger partial charge on any atom is 0.222 e. The number of nitrogens with one attached hydrogen (secondary N) is 1. The van der Waals surface area contributed by atoms with E-state index in [9.17, 15) is 4.79 Å². The normalized spacial score (nSPS) is 25.2. The third-order valence-corrected chi connectivity index (χ3v) is 5.12. The predicted octanol–water partition coefficient (Wildman–Crippen LogP) is 1.77. The molecule has 1 amide bonds. The predicted molar refractivity (Wildman–Crippen MR) is 97.0 cm³/mol. The van der Waals surface area contributed by atoms with Crippen molar-refractivity contribution in [2.75, 3.05) is 13.1 Å². The van der Waals surface area contributed by atoms with Crippen molar-refractivity contribution in [2.45, 2.75) is 38.1 Å². The van der Waals surface area contributed by atoms with Gasteiger partial charge in [0.25, 0.3) is 0 Å². The number of fused-ring (bicyclic) bond motifs is 1. The summed E-state index contributed by atoms with van der Waals surface area (Å²) in [6, 6.07) is 9.79. The van der Waals surface area contributed by atoms with Crippen molar-refractivity contribution >= 4 is 5.91 Å². The molecule has 0 aromatic carbocycles. The van der Waals surface area contributed by atoms with Gasteiger partial charge in [0.05, 0.1) is 30.9 Å². The Kier molecular flexibility index (Phi) is 5.22. The molecule has 4 rings (SSSR count). The monoisotopic (exact) mass is 352 g/mol. The van der Waals surface area contributed by atoms with Gasteiger partial charge in [0.1, 0.15) is 0 Å². The van der Waals surface area contributed by atoms with Gasteiger partial charge >= 0.3 is 0 Å². The summed E-state index contributed by atoms with van der Waals surface area (Å²) in [6.07, 6.45) is 7.14. The molecule has 1 N–H and O–H groups in total. The van der Waals surface area contributed by atoms with Crippen LogP contribution in [0, 0.1) is 5.92 Å². The van der Waals surface area contributed by atoms with Crippen LogP contribution in [-0.4, -0.2) is 46.1 Å². The number of likely N-dealkylation sites (tertiary alicyclic amines) is 1. The highest BCUT2D eigenvalue weighted by Crippen LogP contribution is 2.34. The Hall–Kier alpha value is -2.31. The minimum Gasteiger partial charge on any atom is -0.373 e. The van der Waals surface area contributed by atoms with E-state index < -0.39 is 0 Å². The molecule has 136 valence electrons. The first kappa shape index (κ1) is 17.1. The first-order chi connectivity index (χ1) is 12.8. The van der Waals surface area contributed by atoms with Crippen LogP contribution in [0.5, 0.6) is 0 Å². The molecule has 2 aliphatic rings. The summed E-state index contributed by atoms with van der Waals surface area (Å²) in [5, 5.41) is 2.93. The highest BCUT2D eigenvalue weighted by molar-refractivity contribution is 5.76.